The van der Waals surface area contributed by atoms with Gasteiger partial charge in [-0.3, -0.25) is 0 Å². The van der Waals surface area contributed by atoms with Crippen molar-refractivity contribution in [1.29, 1.82) is 0 Å². The minimum Gasteiger partial charge on any atom is -0.474 e. The third-order valence-electron chi connectivity index (χ3n) is 3.95. The normalized spacial score (nSPS) is 16.8. The molecule has 2 aromatic rings. The Labute approximate surface area is 144 Å². The van der Waals surface area contributed by atoms with Crippen LogP contribution >= 0.6 is 0 Å². The zero-order chi connectivity index (χ0) is 18.0. The van der Waals surface area contributed by atoms with Crippen molar-refractivity contribution in [3.63, 3.8) is 0 Å². The number of rotatable bonds is 4. The third-order valence-corrected chi connectivity index (χ3v) is 5.88. The zero-order valence-corrected chi connectivity index (χ0v) is 14.3. The van der Waals surface area contributed by atoms with E-state index in [9.17, 15) is 17.2 Å². The molecule has 0 bridgehead atoms. The van der Waals surface area contributed by atoms with Gasteiger partial charge in [-0.1, -0.05) is 0 Å². The first kappa shape index (κ1) is 17.7. The minimum atomic E-state index is -4.00. The van der Waals surface area contributed by atoms with Gasteiger partial charge in [0.05, 0.1) is 0 Å². The standard InChI is InChI=1S/C16H17F2N3O3S/c1-11-19-7-4-16(20-11)24-13-5-8-21(9-6-13)25(22,23)15-3-2-12(17)10-14(15)18/h2-4,7,10,13H,5-6,8-9H2,1H3. The van der Waals surface area contributed by atoms with Crippen LogP contribution in [0.3, 0.4) is 0 Å². The Hall–Kier alpha value is -2.13. The van der Waals surface area contributed by atoms with E-state index in [1.165, 1.54) is 4.31 Å². The van der Waals surface area contributed by atoms with Gasteiger partial charge in [-0.05, 0) is 31.9 Å². The van der Waals surface area contributed by atoms with Gasteiger partial charge in [0.1, 0.15) is 28.5 Å². The van der Waals surface area contributed by atoms with Crippen LogP contribution in [-0.2, 0) is 10.0 Å². The fourth-order valence-electron chi connectivity index (χ4n) is 2.68. The molecule has 0 unspecified atom stereocenters. The average Bonchev–Trinajstić information content (AvgIpc) is 2.55. The first-order valence-corrected chi connectivity index (χ1v) is 9.22. The Morgan fingerprint density at radius 2 is 1.92 bits per heavy atom. The van der Waals surface area contributed by atoms with Gasteiger partial charge in [-0.15, -0.1) is 0 Å². The number of aryl methyl sites for hydroxylation is 1. The Bertz CT molecular complexity index is 869. The number of hydrogen-bond acceptors (Lipinski definition) is 5. The van der Waals surface area contributed by atoms with E-state index in [-0.39, 0.29) is 19.2 Å². The fraction of sp³-hybridized carbons (Fsp3) is 0.375. The van der Waals surface area contributed by atoms with Crippen molar-refractivity contribution in [3.8, 4) is 5.88 Å². The summed E-state index contributed by atoms with van der Waals surface area (Å²) in [7, 11) is -4.00. The van der Waals surface area contributed by atoms with Gasteiger partial charge < -0.3 is 4.74 Å². The molecule has 0 aliphatic carbocycles. The molecule has 1 aromatic heterocycles. The molecule has 2 heterocycles. The van der Waals surface area contributed by atoms with Gasteiger partial charge in [0.15, 0.2) is 0 Å². The Kier molecular flexibility index (Phi) is 4.96. The SMILES string of the molecule is Cc1nccc(OC2CCN(S(=O)(=O)c3ccc(F)cc3F)CC2)n1. The molecular weight excluding hydrogens is 352 g/mol. The number of halogens is 2. The number of aromatic nitrogens is 2. The van der Waals surface area contributed by atoms with Crippen molar-refractivity contribution < 1.29 is 21.9 Å². The highest BCUT2D eigenvalue weighted by Crippen LogP contribution is 2.25. The summed E-state index contributed by atoms with van der Waals surface area (Å²) in [5.41, 5.74) is 0. The van der Waals surface area contributed by atoms with E-state index >= 15 is 0 Å². The lowest BCUT2D eigenvalue weighted by Crippen LogP contribution is -2.42. The lowest BCUT2D eigenvalue weighted by atomic mass is 10.1. The van der Waals surface area contributed by atoms with Gasteiger partial charge in [0.25, 0.3) is 0 Å². The summed E-state index contributed by atoms with van der Waals surface area (Å²) in [5.74, 6) is -0.874. The molecule has 0 radical (unpaired) electrons. The van der Waals surface area contributed by atoms with Crippen LogP contribution in [0, 0.1) is 18.6 Å². The van der Waals surface area contributed by atoms with Crippen LogP contribution < -0.4 is 4.74 Å². The lowest BCUT2D eigenvalue weighted by Gasteiger charge is -2.31. The topological polar surface area (TPSA) is 72.4 Å². The van der Waals surface area contributed by atoms with E-state index in [0.717, 1.165) is 12.1 Å². The Morgan fingerprint density at radius 1 is 1.20 bits per heavy atom. The largest absolute Gasteiger partial charge is 0.474 e. The third kappa shape index (κ3) is 3.93. The Morgan fingerprint density at radius 3 is 2.56 bits per heavy atom. The average molecular weight is 369 g/mol. The van der Waals surface area contributed by atoms with Crippen molar-refractivity contribution in [1.82, 2.24) is 14.3 Å². The molecule has 0 N–H and O–H groups in total. The molecule has 25 heavy (non-hydrogen) atoms. The second-order valence-electron chi connectivity index (χ2n) is 5.74. The zero-order valence-electron chi connectivity index (χ0n) is 13.5. The molecule has 0 spiro atoms. The van der Waals surface area contributed by atoms with Gasteiger partial charge in [0, 0.05) is 31.4 Å². The van der Waals surface area contributed by atoms with Crippen molar-refractivity contribution >= 4 is 10.0 Å². The highest BCUT2D eigenvalue weighted by Gasteiger charge is 2.32. The summed E-state index contributed by atoms with van der Waals surface area (Å²) in [4.78, 5) is 7.62. The molecule has 6 nitrogen and oxygen atoms in total. The van der Waals surface area contributed by atoms with Gasteiger partial charge in [-0.2, -0.15) is 9.29 Å². The smallest absolute Gasteiger partial charge is 0.245 e. The van der Waals surface area contributed by atoms with E-state index in [2.05, 4.69) is 9.97 Å². The van der Waals surface area contributed by atoms with Crippen molar-refractivity contribution in [3.05, 3.63) is 47.9 Å². The molecule has 0 saturated carbocycles. The summed E-state index contributed by atoms with van der Waals surface area (Å²) in [6.07, 6.45) is 2.31. The molecule has 0 atom stereocenters. The monoisotopic (exact) mass is 369 g/mol. The Balaban J connectivity index is 1.67. The molecule has 1 fully saturated rings. The van der Waals surface area contributed by atoms with Gasteiger partial charge in [0.2, 0.25) is 15.9 Å². The van der Waals surface area contributed by atoms with Crippen molar-refractivity contribution in [2.45, 2.75) is 30.8 Å². The quantitative estimate of drug-likeness (QED) is 0.827. The van der Waals surface area contributed by atoms with Crippen LogP contribution in [0.25, 0.3) is 0 Å². The molecule has 1 aromatic carbocycles. The van der Waals surface area contributed by atoms with Crippen LogP contribution in [0.4, 0.5) is 8.78 Å². The van der Waals surface area contributed by atoms with Crippen LogP contribution in [0.5, 0.6) is 5.88 Å². The maximum absolute atomic E-state index is 13.8. The summed E-state index contributed by atoms with van der Waals surface area (Å²) in [6, 6.07) is 4.10. The van der Waals surface area contributed by atoms with Crippen LogP contribution in [0.2, 0.25) is 0 Å². The molecule has 134 valence electrons. The van der Waals surface area contributed by atoms with Crippen molar-refractivity contribution in [2.75, 3.05) is 13.1 Å². The molecule has 0 amide bonds. The predicted molar refractivity (Wildman–Crippen MR) is 85.5 cm³/mol. The molecule has 1 aliphatic heterocycles. The van der Waals surface area contributed by atoms with E-state index in [1.807, 2.05) is 0 Å². The number of hydrogen-bond donors (Lipinski definition) is 0. The van der Waals surface area contributed by atoms with Crippen LogP contribution in [0.15, 0.2) is 35.4 Å². The van der Waals surface area contributed by atoms with Crippen LogP contribution in [-0.4, -0.2) is 41.9 Å². The molecular formula is C16H17F2N3O3S. The molecule has 1 aliphatic rings. The number of piperidine rings is 1. The van der Waals surface area contributed by atoms with E-state index in [1.54, 1.807) is 19.2 Å². The number of benzene rings is 1. The van der Waals surface area contributed by atoms with E-state index in [0.29, 0.717) is 30.6 Å². The predicted octanol–water partition coefficient (Wildman–Crippen LogP) is 2.30. The number of ether oxygens (including phenoxy) is 1. The first-order chi connectivity index (χ1) is 11.9. The second kappa shape index (κ2) is 7.01. The summed E-state index contributed by atoms with van der Waals surface area (Å²) >= 11 is 0. The minimum absolute atomic E-state index is 0.182. The molecule has 9 heteroatoms. The maximum atomic E-state index is 13.8. The van der Waals surface area contributed by atoms with E-state index in [4.69, 9.17) is 4.74 Å². The van der Waals surface area contributed by atoms with Crippen LogP contribution in [0.1, 0.15) is 18.7 Å². The molecule has 3 rings (SSSR count). The summed E-state index contributed by atoms with van der Waals surface area (Å²) < 4.78 is 58.8. The first-order valence-electron chi connectivity index (χ1n) is 7.78. The van der Waals surface area contributed by atoms with Gasteiger partial charge in [-0.25, -0.2) is 22.2 Å². The number of sulfonamides is 1. The summed E-state index contributed by atoms with van der Waals surface area (Å²) in [5, 5.41) is 0. The van der Waals surface area contributed by atoms with Crippen molar-refractivity contribution in [2.24, 2.45) is 0 Å². The molecule has 1 saturated heterocycles. The highest BCUT2D eigenvalue weighted by atomic mass is 32.2. The summed E-state index contributed by atoms with van der Waals surface area (Å²) in [6.45, 7) is 2.13. The highest BCUT2D eigenvalue weighted by molar-refractivity contribution is 7.89. The van der Waals surface area contributed by atoms with E-state index < -0.39 is 26.6 Å². The van der Waals surface area contributed by atoms with Gasteiger partial charge >= 0.3 is 0 Å². The fourth-order valence-corrected chi connectivity index (χ4v) is 4.20. The second-order valence-corrected chi connectivity index (χ2v) is 7.64. The maximum Gasteiger partial charge on any atom is 0.245 e. The number of nitrogens with zero attached hydrogens (tertiary/aromatic N) is 3. The lowest BCUT2D eigenvalue weighted by molar-refractivity contribution is 0.129.